The Morgan fingerprint density at radius 3 is 3.00 bits per heavy atom. The summed E-state index contributed by atoms with van der Waals surface area (Å²) in [5.74, 6) is 0.263. The van der Waals surface area contributed by atoms with E-state index in [1.54, 1.807) is 18.3 Å². The monoisotopic (exact) mass is 235 g/mol. The minimum atomic E-state index is -0.619. The second kappa shape index (κ2) is 6.84. The van der Waals surface area contributed by atoms with Crippen molar-refractivity contribution >= 4 is 0 Å². The standard InChI is InChI=1S/C12H17N3O2/c1-9(2)15-7-11(16)8-17-12-10(6-13)4-3-5-14-12/h3-5,9,11,15-16H,7-8H2,1-2H3/t11-/m0/s1. The van der Waals surface area contributed by atoms with Gasteiger partial charge in [0.2, 0.25) is 5.88 Å². The number of ether oxygens (including phenoxy) is 1. The van der Waals surface area contributed by atoms with Gasteiger partial charge in [0, 0.05) is 18.8 Å². The van der Waals surface area contributed by atoms with Crippen molar-refractivity contribution in [3.63, 3.8) is 0 Å². The predicted molar refractivity (Wildman–Crippen MR) is 63.6 cm³/mol. The first-order valence-corrected chi connectivity index (χ1v) is 5.53. The third-order valence-electron chi connectivity index (χ3n) is 2.07. The minimum Gasteiger partial charge on any atom is -0.474 e. The van der Waals surface area contributed by atoms with Crippen molar-refractivity contribution in [3.05, 3.63) is 23.9 Å². The highest BCUT2D eigenvalue weighted by atomic mass is 16.5. The van der Waals surface area contributed by atoms with Crippen LogP contribution in [0.25, 0.3) is 0 Å². The molecule has 0 amide bonds. The molecule has 0 bridgehead atoms. The SMILES string of the molecule is CC(C)NC[C@H](O)COc1ncccc1C#N. The lowest BCUT2D eigenvalue weighted by atomic mass is 10.3. The summed E-state index contributed by atoms with van der Waals surface area (Å²) < 4.78 is 5.30. The third kappa shape index (κ3) is 4.81. The van der Waals surface area contributed by atoms with Crippen molar-refractivity contribution < 1.29 is 9.84 Å². The topological polar surface area (TPSA) is 78.2 Å². The molecule has 1 heterocycles. The summed E-state index contributed by atoms with van der Waals surface area (Å²) in [6.07, 6.45) is 0.931. The first-order chi connectivity index (χ1) is 8.13. The van der Waals surface area contributed by atoms with Crippen LogP contribution < -0.4 is 10.1 Å². The summed E-state index contributed by atoms with van der Waals surface area (Å²) in [4.78, 5) is 3.94. The van der Waals surface area contributed by atoms with Crippen LogP contribution >= 0.6 is 0 Å². The highest BCUT2D eigenvalue weighted by Gasteiger charge is 2.08. The van der Waals surface area contributed by atoms with Gasteiger partial charge in [0.25, 0.3) is 0 Å². The van der Waals surface area contributed by atoms with Crippen molar-refractivity contribution in [2.75, 3.05) is 13.2 Å². The second-order valence-electron chi connectivity index (χ2n) is 4.00. The largest absolute Gasteiger partial charge is 0.474 e. The van der Waals surface area contributed by atoms with Crippen LogP contribution in [0.15, 0.2) is 18.3 Å². The van der Waals surface area contributed by atoms with Crippen LogP contribution in [0.1, 0.15) is 19.4 Å². The Morgan fingerprint density at radius 1 is 1.59 bits per heavy atom. The first kappa shape index (κ1) is 13.4. The third-order valence-corrected chi connectivity index (χ3v) is 2.07. The number of aromatic nitrogens is 1. The van der Waals surface area contributed by atoms with Crippen molar-refractivity contribution in [1.29, 1.82) is 5.26 Å². The lowest BCUT2D eigenvalue weighted by Crippen LogP contribution is -2.35. The Hall–Kier alpha value is -1.64. The Kier molecular flexibility index (Phi) is 5.40. The fraction of sp³-hybridized carbons (Fsp3) is 0.500. The van der Waals surface area contributed by atoms with E-state index >= 15 is 0 Å². The molecule has 0 unspecified atom stereocenters. The minimum absolute atomic E-state index is 0.116. The number of aliphatic hydroxyl groups is 1. The number of hydrogen-bond acceptors (Lipinski definition) is 5. The molecule has 92 valence electrons. The summed E-state index contributed by atoms with van der Waals surface area (Å²) in [5.41, 5.74) is 0.372. The van der Waals surface area contributed by atoms with Crippen molar-refractivity contribution in [1.82, 2.24) is 10.3 Å². The molecule has 0 saturated carbocycles. The number of pyridine rings is 1. The predicted octanol–water partition coefficient (Wildman–Crippen LogP) is 0.691. The molecule has 1 aromatic heterocycles. The molecule has 0 saturated heterocycles. The lowest BCUT2D eigenvalue weighted by molar-refractivity contribution is 0.102. The van der Waals surface area contributed by atoms with Crippen LogP contribution in [0.5, 0.6) is 5.88 Å². The molecular formula is C12H17N3O2. The Bertz CT molecular complexity index is 388. The summed E-state index contributed by atoms with van der Waals surface area (Å²) in [5, 5.41) is 21.5. The van der Waals surface area contributed by atoms with Gasteiger partial charge in [0.15, 0.2) is 0 Å². The molecular weight excluding hydrogens is 218 g/mol. The molecule has 0 spiro atoms. The average molecular weight is 235 g/mol. The molecule has 1 atom stereocenters. The molecule has 0 aliphatic rings. The zero-order chi connectivity index (χ0) is 12.7. The molecule has 2 N–H and O–H groups in total. The van der Waals surface area contributed by atoms with Gasteiger partial charge in [0.1, 0.15) is 24.3 Å². The lowest BCUT2D eigenvalue weighted by Gasteiger charge is -2.14. The second-order valence-corrected chi connectivity index (χ2v) is 4.00. The maximum atomic E-state index is 9.62. The molecule has 5 nitrogen and oxygen atoms in total. The van der Waals surface area contributed by atoms with E-state index in [4.69, 9.17) is 10.00 Å². The zero-order valence-electron chi connectivity index (χ0n) is 10.1. The molecule has 17 heavy (non-hydrogen) atoms. The molecule has 1 rings (SSSR count). The fourth-order valence-electron chi connectivity index (χ4n) is 1.20. The average Bonchev–Trinajstić information content (AvgIpc) is 2.34. The fourth-order valence-corrected chi connectivity index (χ4v) is 1.20. The van der Waals surface area contributed by atoms with E-state index in [-0.39, 0.29) is 12.5 Å². The molecule has 0 aliphatic carbocycles. The molecule has 5 heteroatoms. The van der Waals surface area contributed by atoms with Crippen LogP contribution in [0.2, 0.25) is 0 Å². The van der Waals surface area contributed by atoms with E-state index in [2.05, 4.69) is 10.3 Å². The highest BCUT2D eigenvalue weighted by Crippen LogP contribution is 2.12. The van der Waals surface area contributed by atoms with Gasteiger partial charge in [-0.05, 0) is 12.1 Å². The molecule has 0 fully saturated rings. The molecule has 0 aliphatic heterocycles. The van der Waals surface area contributed by atoms with E-state index in [1.807, 2.05) is 19.9 Å². The van der Waals surface area contributed by atoms with Crippen LogP contribution in [0.4, 0.5) is 0 Å². The van der Waals surface area contributed by atoms with E-state index in [0.29, 0.717) is 18.2 Å². The maximum absolute atomic E-state index is 9.62. The van der Waals surface area contributed by atoms with Gasteiger partial charge in [-0.3, -0.25) is 0 Å². The van der Waals surface area contributed by atoms with E-state index < -0.39 is 6.10 Å². The Balaban J connectivity index is 2.42. The summed E-state index contributed by atoms with van der Waals surface area (Å²) in [6.45, 7) is 4.57. The van der Waals surface area contributed by atoms with Crippen LogP contribution in [-0.4, -0.2) is 35.4 Å². The number of nitrogens with zero attached hydrogens (tertiary/aromatic N) is 2. The van der Waals surface area contributed by atoms with E-state index in [9.17, 15) is 5.11 Å². The highest BCUT2D eigenvalue weighted by molar-refractivity contribution is 5.36. The summed E-state index contributed by atoms with van der Waals surface area (Å²) in [6, 6.07) is 5.59. The quantitative estimate of drug-likeness (QED) is 0.758. The van der Waals surface area contributed by atoms with Gasteiger partial charge >= 0.3 is 0 Å². The normalized spacial score (nSPS) is 12.2. The van der Waals surface area contributed by atoms with E-state index in [0.717, 1.165) is 0 Å². The van der Waals surface area contributed by atoms with Gasteiger partial charge < -0.3 is 15.2 Å². The molecule has 0 radical (unpaired) electrons. The smallest absolute Gasteiger partial charge is 0.231 e. The van der Waals surface area contributed by atoms with Crippen LogP contribution in [-0.2, 0) is 0 Å². The first-order valence-electron chi connectivity index (χ1n) is 5.53. The summed E-state index contributed by atoms with van der Waals surface area (Å²) in [7, 11) is 0. The van der Waals surface area contributed by atoms with Crippen LogP contribution in [0, 0.1) is 11.3 Å². The Morgan fingerprint density at radius 2 is 2.35 bits per heavy atom. The van der Waals surface area contributed by atoms with Gasteiger partial charge in [-0.25, -0.2) is 4.98 Å². The maximum Gasteiger partial charge on any atom is 0.231 e. The van der Waals surface area contributed by atoms with Gasteiger partial charge in [-0.15, -0.1) is 0 Å². The Labute approximate surface area is 101 Å². The van der Waals surface area contributed by atoms with Crippen molar-refractivity contribution in [3.8, 4) is 11.9 Å². The van der Waals surface area contributed by atoms with Crippen molar-refractivity contribution in [2.45, 2.75) is 26.0 Å². The van der Waals surface area contributed by atoms with Gasteiger partial charge in [-0.2, -0.15) is 5.26 Å². The number of rotatable bonds is 6. The number of hydrogen-bond donors (Lipinski definition) is 2. The number of nitriles is 1. The van der Waals surface area contributed by atoms with Gasteiger partial charge in [-0.1, -0.05) is 13.8 Å². The number of aliphatic hydroxyl groups excluding tert-OH is 1. The zero-order valence-corrected chi connectivity index (χ0v) is 10.1. The van der Waals surface area contributed by atoms with Gasteiger partial charge in [0.05, 0.1) is 0 Å². The summed E-state index contributed by atoms with van der Waals surface area (Å²) >= 11 is 0. The van der Waals surface area contributed by atoms with Crippen molar-refractivity contribution in [2.24, 2.45) is 0 Å². The molecule has 1 aromatic rings. The van der Waals surface area contributed by atoms with Crippen LogP contribution in [0.3, 0.4) is 0 Å². The van der Waals surface area contributed by atoms with E-state index in [1.165, 1.54) is 0 Å². The molecule has 0 aromatic carbocycles. The number of nitrogens with one attached hydrogen (secondary N) is 1.